The van der Waals surface area contributed by atoms with Gasteiger partial charge in [-0.25, -0.2) is 13.3 Å². The zero-order valence-electron chi connectivity index (χ0n) is 17.1. The van der Waals surface area contributed by atoms with Gasteiger partial charge in [-0.2, -0.15) is 5.10 Å². The maximum Gasteiger partial charge on any atom is 0.255 e. The van der Waals surface area contributed by atoms with E-state index in [4.69, 9.17) is 9.47 Å². The zero-order chi connectivity index (χ0) is 21.7. The molecule has 3 aromatic rings. The second-order valence-corrected chi connectivity index (χ2v) is 7.31. The number of pyridine rings is 2. The molecule has 0 fully saturated rings. The standard InChI is InChI=1S/C21H24F2N4O3/c1-14-19(20(28)25-21(2,13-29-3)11-18(22)23)17-10-16(7-9-27(17)26-14)30-12-15-6-4-5-8-24-15/h4-10,18H,11-13H2,1-3H3,(H,25,28). The third kappa shape index (κ3) is 5.10. The van der Waals surface area contributed by atoms with Gasteiger partial charge in [-0.15, -0.1) is 0 Å². The van der Waals surface area contributed by atoms with Gasteiger partial charge < -0.3 is 14.8 Å². The molecule has 7 nitrogen and oxygen atoms in total. The lowest BCUT2D eigenvalue weighted by atomic mass is 9.98. The Balaban J connectivity index is 1.85. The average Bonchev–Trinajstić information content (AvgIpc) is 3.01. The fourth-order valence-electron chi connectivity index (χ4n) is 3.30. The van der Waals surface area contributed by atoms with E-state index in [2.05, 4.69) is 15.4 Å². The van der Waals surface area contributed by atoms with Gasteiger partial charge in [0.25, 0.3) is 5.91 Å². The number of hydrogen-bond donors (Lipinski definition) is 1. The lowest BCUT2D eigenvalue weighted by Crippen LogP contribution is -2.50. The van der Waals surface area contributed by atoms with E-state index in [-0.39, 0.29) is 13.2 Å². The van der Waals surface area contributed by atoms with E-state index >= 15 is 0 Å². The molecular weight excluding hydrogens is 394 g/mol. The molecule has 0 radical (unpaired) electrons. The molecule has 0 aliphatic heterocycles. The van der Waals surface area contributed by atoms with Crippen LogP contribution in [0.25, 0.3) is 5.52 Å². The Morgan fingerprint density at radius 1 is 1.33 bits per heavy atom. The van der Waals surface area contributed by atoms with Crippen molar-refractivity contribution in [3.05, 3.63) is 59.7 Å². The van der Waals surface area contributed by atoms with Crippen molar-refractivity contribution in [2.45, 2.75) is 38.8 Å². The minimum Gasteiger partial charge on any atom is -0.487 e. The van der Waals surface area contributed by atoms with Crippen LogP contribution in [-0.2, 0) is 11.3 Å². The normalized spacial score (nSPS) is 13.4. The molecule has 0 spiro atoms. The Morgan fingerprint density at radius 2 is 2.13 bits per heavy atom. The first-order valence-corrected chi connectivity index (χ1v) is 9.42. The quantitative estimate of drug-likeness (QED) is 0.576. The fraction of sp³-hybridized carbons (Fsp3) is 0.381. The minimum atomic E-state index is -2.58. The summed E-state index contributed by atoms with van der Waals surface area (Å²) >= 11 is 0. The van der Waals surface area contributed by atoms with E-state index in [0.717, 1.165) is 5.69 Å². The van der Waals surface area contributed by atoms with Crippen LogP contribution in [0.4, 0.5) is 8.78 Å². The highest BCUT2D eigenvalue weighted by atomic mass is 19.3. The van der Waals surface area contributed by atoms with Crippen molar-refractivity contribution in [3.8, 4) is 5.75 Å². The molecular formula is C21H24F2N4O3. The summed E-state index contributed by atoms with van der Waals surface area (Å²) in [6, 6.07) is 8.96. The van der Waals surface area contributed by atoms with Crippen molar-refractivity contribution < 1.29 is 23.0 Å². The number of nitrogens with one attached hydrogen (secondary N) is 1. The Kier molecular flexibility index (Phi) is 6.61. The number of nitrogens with zero attached hydrogens (tertiary/aromatic N) is 3. The van der Waals surface area contributed by atoms with E-state index in [0.29, 0.717) is 22.5 Å². The van der Waals surface area contributed by atoms with Gasteiger partial charge in [0.2, 0.25) is 6.43 Å². The van der Waals surface area contributed by atoms with Crippen LogP contribution < -0.4 is 10.1 Å². The number of amides is 1. The number of alkyl halides is 2. The Labute approximate surface area is 173 Å². The molecule has 1 atom stereocenters. The summed E-state index contributed by atoms with van der Waals surface area (Å²) in [5, 5.41) is 7.03. The summed E-state index contributed by atoms with van der Waals surface area (Å²) in [4.78, 5) is 17.2. The maximum absolute atomic E-state index is 13.0. The molecule has 0 saturated carbocycles. The average molecular weight is 418 g/mol. The minimum absolute atomic E-state index is 0.0419. The summed E-state index contributed by atoms with van der Waals surface area (Å²) in [5.74, 6) is 0.0407. The van der Waals surface area contributed by atoms with Crippen LogP contribution in [-0.4, -0.2) is 46.2 Å². The number of ether oxygens (including phenoxy) is 2. The summed E-state index contributed by atoms with van der Waals surface area (Å²) in [5.41, 5.74) is 0.845. The van der Waals surface area contributed by atoms with Gasteiger partial charge in [0.1, 0.15) is 12.4 Å². The molecule has 9 heteroatoms. The van der Waals surface area contributed by atoms with Gasteiger partial charge in [0, 0.05) is 32.0 Å². The molecule has 30 heavy (non-hydrogen) atoms. The zero-order valence-corrected chi connectivity index (χ0v) is 17.1. The Morgan fingerprint density at radius 3 is 2.80 bits per heavy atom. The smallest absolute Gasteiger partial charge is 0.255 e. The number of halogens is 2. The first kappa shape index (κ1) is 21.6. The first-order valence-electron chi connectivity index (χ1n) is 9.42. The summed E-state index contributed by atoms with van der Waals surface area (Å²) in [7, 11) is 1.40. The lowest BCUT2D eigenvalue weighted by molar-refractivity contribution is 0.0464. The third-order valence-corrected chi connectivity index (χ3v) is 4.60. The monoisotopic (exact) mass is 418 g/mol. The third-order valence-electron chi connectivity index (χ3n) is 4.60. The number of carbonyl (C=O) groups is 1. The molecule has 3 rings (SSSR count). The van der Waals surface area contributed by atoms with Gasteiger partial charge in [-0.3, -0.25) is 9.78 Å². The van der Waals surface area contributed by atoms with Crippen molar-refractivity contribution >= 4 is 11.4 Å². The molecule has 0 aliphatic rings. The first-order chi connectivity index (χ1) is 14.3. The van der Waals surface area contributed by atoms with Crippen LogP contribution in [0, 0.1) is 6.92 Å². The van der Waals surface area contributed by atoms with Crippen LogP contribution in [0.2, 0.25) is 0 Å². The van der Waals surface area contributed by atoms with Crippen LogP contribution >= 0.6 is 0 Å². The topological polar surface area (TPSA) is 77.8 Å². The highest BCUT2D eigenvalue weighted by Crippen LogP contribution is 2.23. The van der Waals surface area contributed by atoms with Gasteiger partial charge in [-0.1, -0.05) is 6.07 Å². The number of aryl methyl sites for hydroxylation is 1. The van der Waals surface area contributed by atoms with Crippen LogP contribution in [0.5, 0.6) is 5.75 Å². The van der Waals surface area contributed by atoms with Crippen molar-refractivity contribution in [1.82, 2.24) is 19.9 Å². The summed E-state index contributed by atoms with van der Waals surface area (Å²) in [6.07, 6.45) is 0.257. The van der Waals surface area contributed by atoms with Crippen molar-refractivity contribution in [2.75, 3.05) is 13.7 Å². The molecule has 3 aromatic heterocycles. The molecule has 1 amide bonds. The van der Waals surface area contributed by atoms with Crippen LogP contribution in [0.15, 0.2) is 42.7 Å². The van der Waals surface area contributed by atoms with Crippen molar-refractivity contribution in [1.29, 1.82) is 0 Å². The Hall–Kier alpha value is -3.07. The van der Waals surface area contributed by atoms with E-state index in [9.17, 15) is 13.6 Å². The van der Waals surface area contributed by atoms with E-state index in [1.165, 1.54) is 14.0 Å². The molecule has 0 aromatic carbocycles. The number of rotatable bonds is 9. The van der Waals surface area contributed by atoms with Crippen LogP contribution in [0.1, 0.15) is 35.1 Å². The molecule has 160 valence electrons. The summed E-state index contributed by atoms with van der Waals surface area (Å²) < 4.78 is 38.4. The molecule has 0 saturated heterocycles. The van der Waals surface area contributed by atoms with Gasteiger partial charge >= 0.3 is 0 Å². The SMILES string of the molecule is COCC(C)(CC(F)F)NC(=O)c1c(C)nn2ccc(OCc3ccccn3)cc12. The van der Waals surface area contributed by atoms with Gasteiger partial charge in [0.15, 0.2) is 0 Å². The molecule has 0 aliphatic carbocycles. The van der Waals surface area contributed by atoms with Crippen molar-refractivity contribution in [2.24, 2.45) is 0 Å². The van der Waals surface area contributed by atoms with E-state index in [1.54, 1.807) is 36.0 Å². The number of methoxy groups -OCH3 is 1. The van der Waals surface area contributed by atoms with E-state index < -0.39 is 24.3 Å². The molecule has 1 N–H and O–H groups in total. The number of aromatic nitrogens is 3. The van der Waals surface area contributed by atoms with E-state index in [1.807, 2.05) is 18.2 Å². The lowest BCUT2D eigenvalue weighted by Gasteiger charge is -2.29. The second-order valence-electron chi connectivity index (χ2n) is 7.31. The Bertz CT molecular complexity index is 1010. The number of fused-ring (bicyclic) bond motifs is 1. The predicted octanol–water partition coefficient (Wildman–Crippen LogP) is 3.41. The fourth-order valence-corrected chi connectivity index (χ4v) is 3.30. The van der Waals surface area contributed by atoms with Gasteiger partial charge in [0.05, 0.1) is 34.6 Å². The highest BCUT2D eigenvalue weighted by Gasteiger charge is 2.32. The molecule has 0 bridgehead atoms. The second kappa shape index (κ2) is 9.17. The highest BCUT2D eigenvalue weighted by molar-refractivity contribution is 6.02. The summed E-state index contributed by atoms with van der Waals surface area (Å²) in [6.45, 7) is 3.45. The van der Waals surface area contributed by atoms with Gasteiger partial charge in [-0.05, 0) is 32.0 Å². The number of carbonyl (C=O) groups excluding carboxylic acids is 1. The molecule has 3 heterocycles. The number of hydrogen-bond acceptors (Lipinski definition) is 5. The largest absolute Gasteiger partial charge is 0.487 e. The maximum atomic E-state index is 13.0. The van der Waals surface area contributed by atoms with Crippen LogP contribution in [0.3, 0.4) is 0 Å². The molecule has 1 unspecified atom stereocenters. The van der Waals surface area contributed by atoms with Crippen molar-refractivity contribution in [3.63, 3.8) is 0 Å². The predicted molar refractivity (Wildman–Crippen MR) is 107 cm³/mol.